The van der Waals surface area contributed by atoms with Gasteiger partial charge in [-0.1, -0.05) is 29.3 Å². The van der Waals surface area contributed by atoms with Crippen LogP contribution in [0.3, 0.4) is 0 Å². The molecule has 0 spiro atoms. The van der Waals surface area contributed by atoms with Crippen LogP contribution in [0.15, 0.2) is 30.5 Å². The summed E-state index contributed by atoms with van der Waals surface area (Å²) in [5.41, 5.74) is 2.00. The zero-order valence-corrected chi connectivity index (χ0v) is 11.1. The number of carbonyl (C=O) groups is 1. The van der Waals surface area contributed by atoms with E-state index >= 15 is 0 Å². The number of rotatable bonds is 4. The second-order valence-corrected chi connectivity index (χ2v) is 4.41. The maximum absolute atomic E-state index is 11.3. The highest BCUT2D eigenvalue weighted by Gasteiger charge is 2.14. The molecule has 0 atom stereocenters. The molecule has 0 bridgehead atoms. The summed E-state index contributed by atoms with van der Waals surface area (Å²) in [4.78, 5) is 11.3. The minimum atomic E-state index is -0.563. The Kier molecular flexibility index (Phi) is 4.26. The molecule has 1 amide bonds. The van der Waals surface area contributed by atoms with Crippen molar-refractivity contribution in [2.75, 3.05) is 0 Å². The van der Waals surface area contributed by atoms with Gasteiger partial charge in [-0.2, -0.15) is 5.10 Å². The molecule has 0 saturated heterocycles. The highest BCUT2D eigenvalue weighted by atomic mass is 35.5. The number of hydrogen-bond donors (Lipinski definition) is 2. The zero-order chi connectivity index (χ0) is 13.8. The van der Waals surface area contributed by atoms with Gasteiger partial charge in [-0.3, -0.25) is 10.2 Å². The summed E-state index contributed by atoms with van der Waals surface area (Å²) >= 11 is 11.7. The van der Waals surface area contributed by atoms with Gasteiger partial charge in [0.25, 0.3) is 5.91 Å². The Morgan fingerprint density at radius 1 is 1.47 bits per heavy atom. The third kappa shape index (κ3) is 3.37. The molecule has 1 aromatic carbocycles. The highest BCUT2D eigenvalue weighted by Crippen LogP contribution is 2.18. The predicted molar refractivity (Wildman–Crippen MR) is 71.0 cm³/mol. The van der Waals surface area contributed by atoms with Gasteiger partial charge in [0.05, 0.1) is 5.02 Å². The lowest BCUT2D eigenvalue weighted by Crippen LogP contribution is -2.30. The predicted octanol–water partition coefficient (Wildman–Crippen LogP) is 1.83. The summed E-state index contributed by atoms with van der Waals surface area (Å²) < 4.78 is 6.83. The molecule has 6 nitrogen and oxygen atoms in total. The first-order valence-electron chi connectivity index (χ1n) is 5.22. The quantitative estimate of drug-likeness (QED) is 0.513. The Morgan fingerprint density at radius 3 is 2.95 bits per heavy atom. The minimum absolute atomic E-state index is 0.0406. The maximum Gasteiger partial charge on any atom is 0.287 e. The Morgan fingerprint density at radius 2 is 2.26 bits per heavy atom. The molecule has 0 aliphatic rings. The van der Waals surface area contributed by atoms with Gasteiger partial charge in [0, 0.05) is 11.2 Å². The molecule has 8 heteroatoms. The molecule has 3 N–H and O–H groups in total. The molecule has 0 aliphatic heterocycles. The summed E-state index contributed by atoms with van der Waals surface area (Å²) in [7, 11) is 0. The van der Waals surface area contributed by atoms with Crippen LogP contribution < -0.4 is 16.0 Å². The van der Waals surface area contributed by atoms with E-state index < -0.39 is 5.91 Å². The highest BCUT2D eigenvalue weighted by molar-refractivity contribution is 6.33. The molecule has 0 fully saturated rings. The molecule has 0 aliphatic carbocycles. The molecule has 1 heterocycles. The number of amides is 1. The number of nitrogens with zero attached hydrogens (tertiary/aromatic N) is 2. The number of benzene rings is 1. The lowest BCUT2D eigenvalue weighted by Gasteiger charge is -2.05. The van der Waals surface area contributed by atoms with Crippen LogP contribution in [0.4, 0.5) is 0 Å². The summed E-state index contributed by atoms with van der Waals surface area (Å²) in [6.07, 6.45) is 1.47. The topological polar surface area (TPSA) is 82.2 Å². The minimum Gasteiger partial charge on any atom is -0.471 e. The van der Waals surface area contributed by atoms with Gasteiger partial charge in [0.1, 0.15) is 5.75 Å². The summed E-state index contributed by atoms with van der Waals surface area (Å²) in [5.74, 6) is 5.03. The van der Waals surface area contributed by atoms with Crippen LogP contribution in [-0.2, 0) is 6.73 Å². The smallest absolute Gasteiger partial charge is 0.287 e. The SMILES string of the molecule is NNC(=O)c1nn(COc2cccc(Cl)c2)cc1Cl. The summed E-state index contributed by atoms with van der Waals surface area (Å²) in [6.45, 7) is 0.0952. The largest absolute Gasteiger partial charge is 0.471 e. The number of hydrazine groups is 1. The van der Waals surface area contributed by atoms with E-state index in [4.69, 9.17) is 33.8 Å². The Labute approximate surface area is 119 Å². The lowest BCUT2D eigenvalue weighted by atomic mass is 10.3. The molecule has 0 saturated carbocycles. The van der Waals surface area contributed by atoms with Crippen LogP contribution in [0.2, 0.25) is 10.0 Å². The van der Waals surface area contributed by atoms with Crippen molar-refractivity contribution < 1.29 is 9.53 Å². The fourth-order valence-electron chi connectivity index (χ4n) is 1.38. The van der Waals surface area contributed by atoms with Crippen molar-refractivity contribution in [1.82, 2.24) is 15.2 Å². The van der Waals surface area contributed by atoms with Gasteiger partial charge < -0.3 is 4.74 Å². The van der Waals surface area contributed by atoms with Gasteiger partial charge in [-0.25, -0.2) is 10.5 Å². The molecule has 19 heavy (non-hydrogen) atoms. The Balaban J connectivity index is 2.06. The molecule has 0 radical (unpaired) electrons. The van der Waals surface area contributed by atoms with E-state index in [1.165, 1.54) is 10.9 Å². The number of nitrogen functional groups attached to an aromatic ring is 1. The first kappa shape index (κ1) is 13.7. The van der Waals surface area contributed by atoms with Crippen LogP contribution in [0.5, 0.6) is 5.75 Å². The first-order valence-corrected chi connectivity index (χ1v) is 5.98. The van der Waals surface area contributed by atoms with Gasteiger partial charge in [-0.15, -0.1) is 0 Å². The van der Waals surface area contributed by atoms with Gasteiger partial charge in [-0.05, 0) is 18.2 Å². The number of aromatic nitrogens is 2. The van der Waals surface area contributed by atoms with Crippen LogP contribution in [-0.4, -0.2) is 15.7 Å². The van der Waals surface area contributed by atoms with Gasteiger partial charge in [0.15, 0.2) is 12.4 Å². The summed E-state index contributed by atoms with van der Waals surface area (Å²) in [5, 5.41) is 4.71. The van der Waals surface area contributed by atoms with Crippen molar-refractivity contribution in [1.29, 1.82) is 0 Å². The maximum atomic E-state index is 11.3. The molecule has 2 aromatic rings. The van der Waals surface area contributed by atoms with Crippen LogP contribution in [0, 0.1) is 0 Å². The van der Waals surface area contributed by atoms with Crippen LogP contribution in [0.25, 0.3) is 0 Å². The van der Waals surface area contributed by atoms with Crippen molar-refractivity contribution >= 4 is 29.1 Å². The monoisotopic (exact) mass is 300 g/mol. The van der Waals surface area contributed by atoms with E-state index in [0.717, 1.165) is 0 Å². The number of hydrogen-bond acceptors (Lipinski definition) is 4. The summed E-state index contributed by atoms with van der Waals surface area (Å²) in [6, 6.07) is 6.93. The van der Waals surface area contributed by atoms with Gasteiger partial charge in [0.2, 0.25) is 0 Å². The average molecular weight is 301 g/mol. The van der Waals surface area contributed by atoms with Crippen molar-refractivity contribution in [3.8, 4) is 5.75 Å². The molecule has 2 rings (SSSR count). The van der Waals surface area contributed by atoms with E-state index in [2.05, 4.69) is 5.10 Å². The van der Waals surface area contributed by atoms with Crippen molar-refractivity contribution in [2.24, 2.45) is 5.84 Å². The molecular formula is C11H10Cl2N4O2. The number of nitrogens with two attached hydrogens (primary N) is 1. The zero-order valence-electron chi connectivity index (χ0n) is 9.64. The van der Waals surface area contributed by atoms with E-state index in [1.54, 1.807) is 24.3 Å². The van der Waals surface area contributed by atoms with Crippen molar-refractivity contribution in [2.45, 2.75) is 6.73 Å². The molecule has 0 unspecified atom stereocenters. The van der Waals surface area contributed by atoms with E-state index in [9.17, 15) is 4.79 Å². The standard InChI is InChI=1S/C11H10Cl2N4O2/c12-7-2-1-3-8(4-7)19-6-17-5-9(13)10(16-17)11(18)15-14/h1-5H,6,14H2,(H,15,18). The van der Waals surface area contributed by atoms with Gasteiger partial charge >= 0.3 is 0 Å². The number of carbonyl (C=O) groups excluding carboxylic acids is 1. The van der Waals surface area contributed by atoms with Crippen molar-refractivity contribution in [3.63, 3.8) is 0 Å². The lowest BCUT2D eigenvalue weighted by molar-refractivity contribution is 0.0946. The fourth-order valence-corrected chi connectivity index (χ4v) is 1.80. The van der Waals surface area contributed by atoms with E-state index in [0.29, 0.717) is 10.8 Å². The van der Waals surface area contributed by atoms with Crippen LogP contribution in [0.1, 0.15) is 10.5 Å². The molecule has 100 valence electrons. The normalized spacial score (nSPS) is 10.3. The Bertz CT molecular complexity index is 600. The van der Waals surface area contributed by atoms with Crippen molar-refractivity contribution in [3.05, 3.63) is 46.2 Å². The second-order valence-electron chi connectivity index (χ2n) is 3.57. The molecule has 1 aromatic heterocycles. The fraction of sp³-hybridized carbons (Fsp3) is 0.0909. The number of halogens is 2. The van der Waals surface area contributed by atoms with E-state index in [-0.39, 0.29) is 17.4 Å². The van der Waals surface area contributed by atoms with Crippen LogP contribution >= 0.6 is 23.2 Å². The molecular weight excluding hydrogens is 291 g/mol. The third-order valence-corrected chi connectivity index (χ3v) is 2.73. The Hall–Kier alpha value is -1.76. The average Bonchev–Trinajstić information content (AvgIpc) is 2.77. The number of nitrogens with one attached hydrogen (secondary N) is 1. The number of ether oxygens (including phenoxy) is 1. The van der Waals surface area contributed by atoms with E-state index in [1.807, 2.05) is 5.43 Å². The third-order valence-electron chi connectivity index (χ3n) is 2.22. The second kappa shape index (κ2) is 5.92. The first-order chi connectivity index (χ1) is 9.10.